The Morgan fingerprint density at radius 1 is 1.18 bits per heavy atom. The summed E-state index contributed by atoms with van der Waals surface area (Å²) in [6.45, 7) is 0. The van der Waals surface area contributed by atoms with E-state index in [-0.39, 0.29) is 24.8 Å². The van der Waals surface area contributed by atoms with Gasteiger partial charge in [-0.25, -0.2) is 4.68 Å². The standard InChI is InChI=1S/C20H27N5O3/c26-19(13-16-6-9-18(10-7-16)25-14-21-23-24-25)22-17(8-11-20(27)28)12-15-4-2-1-3-5-15/h6-7,9-10,14-15,17H,1-5,8,11-13H2,(H,22,26)(H,27,28). The molecule has 1 fully saturated rings. The summed E-state index contributed by atoms with van der Waals surface area (Å²) in [6.07, 6.45) is 9.32. The highest BCUT2D eigenvalue weighted by Crippen LogP contribution is 2.28. The molecule has 2 N–H and O–H groups in total. The summed E-state index contributed by atoms with van der Waals surface area (Å²) in [4.78, 5) is 23.5. The summed E-state index contributed by atoms with van der Waals surface area (Å²) in [6, 6.07) is 7.41. The number of nitrogens with one attached hydrogen (secondary N) is 1. The number of hydrogen-bond donors (Lipinski definition) is 2. The molecule has 0 saturated heterocycles. The van der Waals surface area contributed by atoms with Gasteiger partial charge in [-0.05, 0) is 46.9 Å². The molecule has 1 aliphatic carbocycles. The molecule has 8 heteroatoms. The van der Waals surface area contributed by atoms with Crippen LogP contribution in [-0.2, 0) is 16.0 Å². The van der Waals surface area contributed by atoms with Crippen molar-refractivity contribution in [2.24, 2.45) is 5.92 Å². The Kier molecular flexibility index (Phi) is 7.11. The van der Waals surface area contributed by atoms with E-state index in [1.807, 2.05) is 24.3 Å². The third-order valence-electron chi connectivity index (χ3n) is 5.33. The van der Waals surface area contributed by atoms with Crippen molar-refractivity contribution < 1.29 is 14.7 Å². The van der Waals surface area contributed by atoms with Crippen LogP contribution in [0.1, 0.15) is 56.9 Å². The molecule has 1 aromatic carbocycles. The molecule has 1 heterocycles. The van der Waals surface area contributed by atoms with Gasteiger partial charge in [-0.2, -0.15) is 0 Å². The Morgan fingerprint density at radius 2 is 1.93 bits per heavy atom. The summed E-state index contributed by atoms with van der Waals surface area (Å²) < 4.78 is 1.55. The fraction of sp³-hybridized carbons (Fsp3) is 0.550. The molecular weight excluding hydrogens is 358 g/mol. The number of rotatable bonds is 9. The lowest BCUT2D eigenvalue weighted by Crippen LogP contribution is -2.38. The second-order valence-corrected chi connectivity index (χ2v) is 7.53. The number of benzene rings is 1. The third-order valence-corrected chi connectivity index (χ3v) is 5.33. The zero-order valence-corrected chi connectivity index (χ0v) is 16.0. The van der Waals surface area contributed by atoms with Crippen LogP contribution in [0.4, 0.5) is 0 Å². The van der Waals surface area contributed by atoms with Gasteiger partial charge in [0.15, 0.2) is 0 Å². The van der Waals surface area contributed by atoms with Crippen molar-refractivity contribution in [2.75, 3.05) is 0 Å². The molecular formula is C20H27N5O3. The highest BCUT2D eigenvalue weighted by Gasteiger charge is 2.21. The van der Waals surface area contributed by atoms with Crippen LogP contribution in [0.3, 0.4) is 0 Å². The smallest absolute Gasteiger partial charge is 0.303 e. The van der Waals surface area contributed by atoms with Crippen molar-refractivity contribution in [1.29, 1.82) is 0 Å². The average Bonchev–Trinajstić information content (AvgIpc) is 3.22. The fourth-order valence-corrected chi connectivity index (χ4v) is 3.88. The maximum atomic E-state index is 12.5. The van der Waals surface area contributed by atoms with E-state index >= 15 is 0 Å². The largest absolute Gasteiger partial charge is 0.481 e. The number of carboxylic acids is 1. The van der Waals surface area contributed by atoms with Crippen LogP contribution in [0.15, 0.2) is 30.6 Å². The summed E-state index contributed by atoms with van der Waals surface area (Å²) in [5.41, 5.74) is 1.72. The van der Waals surface area contributed by atoms with E-state index in [9.17, 15) is 9.59 Å². The molecule has 150 valence electrons. The van der Waals surface area contributed by atoms with Gasteiger partial charge < -0.3 is 10.4 Å². The summed E-state index contributed by atoms with van der Waals surface area (Å²) in [7, 11) is 0. The van der Waals surface area contributed by atoms with Gasteiger partial charge in [0.1, 0.15) is 6.33 Å². The monoisotopic (exact) mass is 385 g/mol. The molecule has 2 aromatic rings. The van der Waals surface area contributed by atoms with Crippen molar-refractivity contribution in [3.05, 3.63) is 36.2 Å². The summed E-state index contributed by atoms with van der Waals surface area (Å²) in [5, 5.41) is 23.1. The maximum absolute atomic E-state index is 12.5. The average molecular weight is 385 g/mol. The predicted octanol–water partition coefficient (Wildman–Crippen LogP) is 2.52. The van der Waals surface area contributed by atoms with Crippen molar-refractivity contribution in [3.63, 3.8) is 0 Å². The van der Waals surface area contributed by atoms with Crippen LogP contribution < -0.4 is 5.32 Å². The lowest BCUT2D eigenvalue weighted by molar-refractivity contribution is -0.137. The lowest BCUT2D eigenvalue weighted by Gasteiger charge is -2.27. The van der Waals surface area contributed by atoms with Crippen LogP contribution in [0.2, 0.25) is 0 Å². The lowest BCUT2D eigenvalue weighted by atomic mass is 9.84. The number of aromatic nitrogens is 4. The van der Waals surface area contributed by atoms with Gasteiger partial charge >= 0.3 is 5.97 Å². The highest BCUT2D eigenvalue weighted by molar-refractivity contribution is 5.79. The molecule has 1 atom stereocenters. The van der Waals surface area contributed by atoms with Crippen molar-refractivity contribution in [3.8, 4) is 5.69 Å². The normalized spacial score (nSPS) is 15.9. The SMILES string of the molecule is O=C(O)CCC(CC1CCCCC1)NC(=O)Cc1ccc(-n2cnnn2)cc1. The zero-order chi connectivity index (χ0) is 19.8. The summed E-state index contributed by atoms with van der Waals surface area (Å²) >= 11 is 0. The molecule has 1 unspecified atom stereocenters. The molecule has 0 radical (unpaired) electrons. The molecule has 1 amide bonds. The van der Waals surface area contributed by atoms with Gasteiger partial charge in [-0.3, -0.25) is 9.59 Å². The van der Waals surface area contributed by atoms with Gasteiger partial charge in [-0.1, -0.05) is 44.2 Å². The van der Waals surface area contributed by atoms with Gasteiger partial charge in [0, 0.05) is 12.5 Å². The van der Waals surface area contributed by atoms with E-state index in [1.165, 1.54) is 38.4 Å². The Morgan fingerprint density at radius 3 is 2.57 bits per heavy atom. The van der Waals surface area contributed by atoms with E-state index < -0.39 is 5.97 Å². The van der Waals surface area contributed by atoms with Crippen LogP contribution in [0, 0.1) is 5.92 Å². The van der Waals surface area contributed by atoms with Gasteiger partial charge in [0.05, 0.1) is 12.1 Å². The van der Waals surface area contributed by atoms with Gasteiger partial charge in [0.2, 0.25) is 5.91 Å². The Hall–Kier alpha value is -2.77. The number of carbonyl (C=O) groups excluding carboxylic acids is 1. The molecule has 1 aromatic heterocycles. The molecule has 28 heavy (non-hydrogen) atoms. The first-order chi connectivity index (χ1) is 13.6. The third kappa shape index (κ3) is 6.14. The second-order valence-electron chi connectivity index (χ2n) is 7.53. The van der Waals surface area contributed by atoms with Crippen molar-refractivity contribution in [2.45, 2.75) is 63.8 Å². The molecule has 1 saturated carbocycles. The van der Waals surface area contributed by atoms with Gasteiger partial charge in [0.25, 0.3) is 0 Å². The summed E-state index contributed by atoms with van der Waals surface area (Å²) in [5.74, 6) is -0.300. The number of tetrazole rings is 1. The minimum Gasteiger partial charge on any atom is -0.481 e. The maximum Gasteiger partial charge on any atom is 0.303 e. The fourth-order valence-electron chi connectivity index (χ4n) is 3.88. The van der Waals surface area contributed by atoms with E-state index in [0.29, 0.717) is 12.3 Å². The zero-order valence-electron chi connectivity index (χ0n) is 16.0. The highest BCUT2D eigenvalue weighted by atomic mass is 16.4. The minimum atomic E-state index is -0.818. The van der Waals surface area contributed by atoms with Crippen LogP contribution >= 0.6 is 0 Å². The van der Waals surface area contributed by atoms with Crippen LogP contribution in [0.5, 0.6) is 0 Å². The number of amides is 1. The number of hydrogen-bond acceptors (Lipinski definition) is 5. The Balaban J connectivity index is 1.54. The Bertz CT molecular complexity index is 755. The molecule has 0 spiro atoms. The first-order valence-corrected chi connectivity index (χ1v) is 9.93. The topological polar surface area (TPSA) is 110 Å². The number of carboxylic acid groups (broad SMARTS) is 1. The van der Waals surface area contributed by atoms with Crippen LogP contribution in [-0.4, -0.2) is 43.2 Å². The molecule has 0 aliphatic heterocycles. The first kappa shape index (κ1) is 20.0. The van der Waals surface area contributed by atoms with E-state index in [1.54, 1.807) is 4.68 Å². The molecule has 1 aliphatic rings. The number of nitrogens with zero attached hydrogens (tertiary/aromatic N) is 4. The van der Waals surface area contributed by atoms with E-state index in [0.717, 1.165) is 17.7 Å². The number of carbonyl (C=O) groups is 2. The quantitative estimate of drug-likeness (QED) is 0.686. The van der Waals surface area contributed by atoms with E-state index in [4.69, 9.17) is 5.11 Å². The first-order valence-electron chi connectivity index (χ1n) is 9.93. The molecule has 3 rings (SSSR count). The Labute approximate surface area is 164 Å². The molecule has 8 nitrogen and oxygen atoms in total. The predicted molar refractivity (Wildman–Crippen MR) is 103 cm³/mol. The number of aliphatic carboxylic acids is 1. The second kappa shape index (κ2) is 9.96. The minimum absolute atomic E-state index is 0.0682. The van der Waals surface area contributed by atoms with Gasteiger partial charge in [-0.15, -0.1) is 5.10 Å². The van der Waals surface area contributed by atoms with E-state index in [2.05, 4.69) is 20.8 Å². The van der Waals surface area contributed by atoms with Crippen molar-refractivity contribution in [1.82, 2.24) is 25.5 Å². The molecule has 0 bridgehead atoms. The van der Waals surface area contributed by atoms with Crippen LogP contribution in [0.25, 0.3) is 5.69 Å². The van der Waals surface area contributed by atoms with Crippen molar-refractivity contribution >= 4 is 11.9 Å².